The van der Waals surface area contributed by atoms with Gasteiger partial charge in [0.05, 0.1) is 17.4 Å². The van der Waals surface area contributed by atoms with E-state index in [2.05, 4.69) is 15.2 Å². The predicted octanol–water partition coefficient (Wildman–Crippen LogP) is 4.26. The molecule has 0 saturated heterocycles. The van der Waals surface area contributed by atoms with E-state index in [1.54, 1.807) is 42.6 Å². The molecule has 2 N–H and O–H groups in total. The summed E-state index contributed by atoms with van der Waals surface area (Å²) in [4.78, 5) is 4.31. The lowest BCUT2D eigenvalue weighted by molar-refractivity contribution is 0.433. The van der Waals surface area contributed by atoms with Crippen molar-refractivity contribution in [3.05, 3.63) is 66.6 Å². The topological polar surface area (TPSA) is 71.0 Å². The quantitative estimate of drug-likeness (QED) is 0.591. The fourth-order valence-electron chi connectivity index (χ4n) is 2.44. The summed E-state index contributed by atoms with van der Waals surface area (Å²) < 4.78 is 19.8. The van der Waals surface area contributed by atoms with Gasteiger partial charge in [0.2, 0.25) is 5.88 Å². The number of hydrogen-bond donors (Lipinski definition) is 2. The van der Waals surface area contributed by atoms with Crippen LogP contribution in [0.3, 0.4) is 0 Å². The van der Waals surface area contributed by atoms with Crippen molar-refractivity contribution in [3.8, 4) is 28.6 Å². The lowest BCUT2D eigenvalue weighted by Gasteiger charge is -2.08. The van der Waals surface area contributed by atoms with Crippen LogP contribution in [0.4, 0.5) is 4.39 Å². The molecule has 2 heterocycles. The van der Waals surface area contributed by atoms with Gasteiger partial charge in [-0.15, -0.1) is 0 Å². The van der Waals surface area contributed by atoms with E-state index in [0.29, 0.717) is 17.3 Å². The van der Waals surface area contributed by atoms with E-state index in [-0.39, 0.29) is 5.56 Å². The van der Waals surface area contributed by atoms with Crippen molar-refractivity contribution in [2.24, 2.45) is 0 Å². The molecule has 6 heteroatoms. The molecule has 118 valence electrons. The van der Waals surface area contributed by atoms with E-state index in [1.165, 1.54) is 6.07 Å². The third kappa shape index (κ3) is 2.54. The molecule has 0 spiro atoms. The molecular formula is C18H12FN3O2. The maximum Gasteiger partial charge on any atom is 0.219 e. The fraction of sp³-hybridized carbons (Fsp3) is 0. The summed E-state index contributed by atoms with van der Waals surface area (Å²) in [7, 11) is 0. The number of benzene rings is 2. The van der Waals surface area contributed by atoms with E-state index in [1.807, 2.05) is 12.1 Å². The van der Waals surface area contributed by atoms with E-state index in [9.17, 15) is 9.50 Å². The number of hydrogen-bond acceptors (Lipinski definition) is 4. The molecule has 0 radical (unpaired) electrons. The van der Waals surface area contributed by atoms with Gasteiger partial charge in [0.1, 0.15) is 5.75 Å². The van der Waals surface area contributed by atoms with E-state index >= 15 is 0 Å². The van der Waals surface area contributed by atoms with Gasteiger partial charge in [0.15, 0.2) is 11.6 Å². The number of H-pyrrole nitrogens is 1. The second-order valence-corrected chi connectivity index (χ2v) is 5.22. The summed E-state index contributed by atoms with van der Waals surface area (Å²) in [6, 6.07) is 15.0. The fourth-order valence-corrected chi connectivity index (χ4v) is 2.44. The molecule has 0 unspecified atom stereocenters. The number of aromatic hydroxyl groups is 1. The zero-order valence-electron chi connectivity index (χ0n) is 12.4. The van der Waals surface area contributed by atoms with E-state index < -0.39 is 11.6 Å². The molecule has 4 aromatic rings. The van der Waals surface area contributed by atoms with Crippen LogP contribution in [0, 0.1) is 5.82 Å². The molecule has 2 aromatic carbocycles. The molecule has 0 aliphatic rings. The largest absolute Gasteiger partial charge is 0.505 e. The SMILES string of the molecule is Oc1cccc(-c2cccc(Oc3ccc4cn[nH]c4c3)n2)c1F. The smallest absolute Gasteiger partial charge is 0.219 e. The maximum absolute atomic E-state index is 14.0. The molecule has 0 saturated carbocycles. The molecule has 0 atom stereocenters. The molecule has 4 rings (SSSR count). The zero-order valence-corrected chi connectivity index (χ0v) is 12.4. The number of aromatic amines is 1. The Kier molecular flexibility index (Phi) is 3.35. The average molecular weight is 321 g/mol. The maximum atomic E-state index is 14.0. The highest BCUT2D eigenvalue weighted by Crippen LogP contribution is 2.29. The van der Waals surface area contributed by atoms with Gasteiger partial charge in [0.25, 0.3) is 0 Å². The van der Waals surface area contributed by atoms with Crippen LogP contribution in [-0.4, -0.2) is 20.3 Å². The van der Waals surface area contributed by atoms with Crippen molar-refractivity contribution in [1.29, 1.82) is 0 Å². The van der Waals surface area contributed by atoms with Crippen LogP contribution in [0.5, 0.6) is 17.4 Å². The lowest BCUT2D eigenvalue weighted by atomic mass is 10.1. The van der Waals surface area contributed by atoms with Gasteiger partial charge in [0, 0.05) is 23.1 Å². The van der Waals surface area contributed by atoms with Gasteiger partial charge in [-0.25, -0.2) is 9.37 Å². The lowest BCUT2D eigenvalue weighted by Crippen LogP contribution is -1.92. The van der Waals surface area contributed by atoms with Crippen molar-refractivity contribution in [1.82, 2.24) is 15.2 Å². The van der Waals surface area contributed by atoms with Crippen LogP contribution < -0.4 is 4.74 Å². The second kappa shape index (κ2) is 5.66. The van der Waals surface area contributed by atoms with Crippen LogP contribution in [0.1, 0.15) is 0 Å². The first-order valence-corrected chi connectivity index (χ1v) is 7.26. The number of aromatic nitrogens is 3. The molecule has 24 heavy (non-hydrogen) atoms. The van der Waals surface area contributed by atoms with Crippen LogP contribution in [0.2, 0.25) is 0 Å². The Bertz CT molecular complexity index is 1030. The van der Waals surface area contributed by atoms with Gasteiger partial charge in [-0.3, -0.25) is 5.10 Å². The normalized spacial score (nSPS) is 10.9. The van der Waals surface area contributed by atoms with Crippen LogP contribution in [0.15, 0.2) is 60.8 Å². The van der Waals surface area contributed by atoms with Crippen LogP contribution >= 0.6 is 0 Å². The Morgan fingerprint density at radius 2 is 1.92 bits per heavy atom. The zero-order chi connectivity index (χ0) is 16.5. The van der Waals surface area contributed by atoms with Crippen LogP contribution in [-0.2, 0) is 0 Å². The average Bonchev–Trinajstić information content (AvgIpc) is 3.05. The molecule has 0 amide bonds. The standard InChI is InChI=1S/C18H12FN3O2/c19-18-13(3-1-5-16(18)23)14-4-2-6-17(21-14)24-12-8-7-11-10-20-22-15(11)9-12/h1-10,23H,(H,20,22). The summed E-state index contributed by atoms with van der Waals surface area (Å²) in [6.07, 6.45) is 1.72. The van der Waals surface area contributed by atoms with Crippen molar-refractivity contribution in [2.75, 3.05) is 0 Å². The number of ether oxygens (including phenoxy) is 1. The molecule has 0 aliphatic heterocycles. The number of rotatable bonds is 3. The third-order valence-corrected chi connectivity index (χ3v) is 3.61. The van der Waals surface area contributed by atoms with Gasteiger partial charge in [-0.2, -0.15) is 5.10 Å². The van der Waals surface area contributed by atoms with Crippen molar-refractivity contribution >= 4 is 10.9 Å². The summed E-state index contributed by atoms with van der Waals surface area (Å²) >= 11 is 0. The molecule has 0 aliphatic carbocycles. The Hall–Kier alpha value is -3.41. The Morgan fingerprint density at radius 3 is 2.83 bits per heavy atom. The minimum Gasteiger partial charge on any atom is -0.505 e. The van der Waals surface area contributed by atoms with Gasteiger partial charge >= 0.3 is 0 Å². The Balaban J connectivity index is 1.68. The monoisotopic (exact) mass is 321 g/mol. The first-order chi connectivity index (χ1) is 11.7. The number of phenols is 1. The number of fused-ring (bicyclic) bond motifs is 1. The summed E-state index contributed by atoms with van der Waals surface area (Å²) in [5.74, 6) is -0.201. The second-order valence-electron chi connectivity index (χ2n) is 5.22. The Labute approximate surface area is 136 Å². The third-order valence-electron chi connectivity index (χ3n) is 3.61. The minimum absolute atomic E-state index is 0.212. The predicted molar refractivity (Wildman–Crippen MR) is 87.5 cm³/mol. The summed E-state index contributed by atoms with van der Waals surface area (Å²) in [6.45, 7) is 0. The minimum atomic E-state index is -0.707. The van der Waals surface area contributed by atoms with Gasteiger partial charge < -0.3 is 9.84 Å². The highest BCUT2D eigenvalue weighted by atomic mass is 19.1. The highest BCUT2D eigenvalue weighted by molar-refractivity contribution is 5.79. The molecule has 0 fully saturated rings. The Morgan fingerprint density at radius 1 is 1.04 bits per heavy atom. The van der Waals surface area contributed by atoms with Crippen molar-refractivity contribution in [2.45, 2.75) is 0 Å². The number of pyridine rings is 1. The molecular weight excluding hydrogens is 309 g/mol. The number of nitrogens with one attached hydrogen (secondary N) is 1. The number of nitrogens with zero attached hydrogens (tertiary/aromatic N) is 2. The molecule has 0 bridgehead atoms. The van der Waals surface area contributed by atoms with Crippen LogP contribution in [0.25, 0.3) is 22.2 Å². The van der Waals surface area contributed by atoms with Gasteiger partial charge in [-0.1, -0.05) is 12.1 Å². The first-order valence-electron chi connectivity index (χ1n) is 7.26. The molecule has 5 nitrogen and oxygen atoms in total. The molecule has 2 aromatic heterocycles. The number of phenolic OH excluding ortho intramolecular Hbond substituents is 1. The first kappa shape index (κ1) is 14.2. The number of halogens is 1. The highest BCUT2D eigenvalue weighted by Gasteiger charge is 2.11. The van der Waals surface area contributed by atoms with E-state index in [0.717, 1.165) is 10.9 Å². The van der Waals surface area contributed by atoms with Gasteiger partial charge in [-0.05, 0) is 30.3 Å². The van der Waals surface area contributed by atoms with E-state index in [4.69, 9.17) is 4.74 Å². The summed E-state index contributed by atoms with van der Waals surface area (Å²) in [5.41, 5.74) is 1.44. The van der Waals surface area contributed by atoms with Crippen molar-refractivity contribution < 1.29 is 14.2 Å². The van der Waals surface area contributed by atoms with Crippen molar-refractivity contribution in [3.63, 3.8) is 0 Å². The summed E-state index contributed by atoms with van der Waals surface area (Å²) in [5, 5.41) is 17.3.